The number of fused-ring (bicyclic) bond motifs is 3. The molecule has 0 saturated carbocycles. The Morgan fingerprint density at radius 2 is 1.93 bits per heavy atom. The first-order valence-corrected chi connectivity index (χ1v) is 9.13. The zero-order valence-corrected chi connectivity index (χ0v) is 15.0. The second-order valence-corrected chi connectivity index (χ2v) is 6.72. The van der Waals surface area contributed by atoms with Crippen molar-refractivity contribution in [3.8, 4) is 0 Å². The lowest BCUT2D eigenvalue weighted by Gasteiger charge is -2.25. The van der Waals surface area contributed by atoms with Crippen LogP contribution in [0.1, 0.15) is 40.9 Å². The lowest BCUT2D eigenvalue weighted by molar-refractivity contribution is 0.0457. The molecule has 138 valence electrons. The van der Waals surface area contributed by atoms with Gasteiger partial charge in [0.15, 0.2) is 0 Å². The predicted octanol–water partition coefficient (Wildman–Crippen LogP) is 4.60. The average Bonchev–Trinajstić information content (AvgIpc) is 2.95. The minimum atomic E-state index is -0.445. The summed E-state index contributed by atoms with van der Waals surface area (Å²) >= 11 is 0. The Morgan fingerprint density at radius 3 is 2.70 bits per heavy atom. The molecular formula is C22H21FN2O2. The van der Waals surface area contributed by atoms with E-state index in [1.54, 1.807) is 0 Å². The van der Waals surface area contributed by atoms with Crippen LogP contribution >= 0.6 is 0 Å². The van der Waals surface area contributed by atoms with Crippen molar-refractivity contribution >= 4 is 22.9 Å². The molecule has 4 nitrogen and oxygen atoms in total. The van der Waals surface area contributed by atoms with Gasteiger partial charge < -0.3 is 15.0 Å². The van der Waals surface area contributed by atoms with Crippen molar-refractivity contribution in [2.24, 2.45) is 0 Å². The highest BCUT2D eigenvalue weighted by atomic mass is 19.1. The van der Waals surface area contributed by atoms with Gasteiger partial charge in [0.05, 0.1) is 11.6 Å². The second-order valence-electron chi connectivity index (χ2n) is 6.72. The number of esters is 1. The van der Waals surface area contributed by atoms with Crippen LogP contribution in [0.2, 0.25) is 0 Å². The number of carbonyl (C=O) groups is 1. The Kier molecular flexibility index (Phi) is 4.67. The number of aromatic amines is 1. The quantitative estimate of drug-likeness (QED) is 0.665. The van der Waals surface area contributed by atoms with Crippen LogP contribution < -0.4 is 5.32 Å². The highest BCUT2D eigenvalue weighted by molar-refractivity contribution is 5.89. The van der Waals surface area contributed by atoms with Gasteiger partial charge in [-0.3, -0.25) is 0 Å². The van der Waals surface area contributed by atoms with Crippen molar-refractivity contribution < 1.29 is 13.9 Å². The smallest absolute Gasteiger partial charge is 0.338 e. The Labute approximate surface area is 157 Å². The topological polar surface area (TPSA) is 54.1 Å². The van der Waals surface area contributed by atoms with Gasteiger partial charge in [0.25, 0.3) is 0 Å². The number of hydrogen-bond acceptors (Lipinski definition) is 3. The van der Waals surface area contributed by atoms with Crippen LogP contribution in [0.15, 0.2) is 54.7 Å². The number of nitrogens with one attached hydrogen (secondary N) is 2. The number of ether oxygens (including phenoxy) is 1. The van der Waals surface area contributed by atoms with Gasteiger partial charge in [0, 0.05) is 22.5 Å². The van der Waals surface area contributed by atoms with Crippen molar-refractivity contribution in [3.63, 3.8) is 0 Å². The van der Waals surface area contributed by atoms with Crippen molar-refractivity contribution in [1.82, 2.24) is 10.3 Å². The third-order valence-corrected chi connectivity index (χ3v) is 5.11. The molecule has 0 aliphatic carbocycles. The van der Waals surface area contributed by atoms with E-state index in [9.17, 15) is 9.18 Å². The summed E-state index contributed by atoms with van der Waals surface area (Å²) in [5.74, 6) is -0.633. The highest BCUT2D eigenvalue weighted by Gasteiger charge is 2.28. The van der Waals surface area contributed by atoms with Crippen molar-refractivity contribution in [3.05, 3.63) is 77.4 Å². The molecule has 0 bridgehead atoms. The molecule has 2 atom stereocenters. The third-order valence-electron chi connectivity index (χ3n) is 5.11. The zero-order chi connectivity index (χ0) is 18.8. The van der Waals surface area contributed by atoms with E-state index in [1.165, 1.54) is 35.2 Å². The fourth-order valence-electron chi connectivity index (χ4n) is 3.78. The number of halogens is 1. The molecule has 1 aliphatic rings. The summed E-state index contributed by atoms with van der Waals surface area (Å²) in [7, 11) is 0. The Morgan fingerprint density at radius 1 is 1.15 bits per heavy atom. The molecule has 3 aromatic rings. The molecule has 1 aliphatic heterocycles. The molecular weight excluding hydrogens is 343 g/mol. The average molecular weight is 364 g/mol. The van der Waals surface area contributed by atoms with Crippen LogP contribution in [0.25, 0.3) is 17.0 Å². The summed E-state index contributed by atoms with van der Waals surface area (Å²) in [6.07, 6.45) is 4.84. The number of rotatable bonds is 4. The molecule has 2 heterocycles. The largest absolute Gasteiger partial charge is 0.460 e. The van der Waals surface area contributed by atoms with E-state index in [0.29, 0.717) is 5.56 Å². The second kappa shape index (κ2) is 7.27. The summed E-state index contributed by atoms with van der Waals surface area (Å²) in [5, 5.41) is 4.56. The Hall–Kier alpha value is -3.08. The van der Waals surface area contributed by atoms with E-state index < -0.39 is 5.97 Å². The van der Waals surface area contributed by atoms with Crippen LogP contribution in [0, 0.1) is 5.82 Å². The lowest BCUT2D eigenvalue weighted by Crippen LogP contribution is -2.36. The van der Waals surface area contributed by atoms with Crippen molar-refractivity contribution in [2.45, 2.75) is 25.3 Å². The van der Waals surface area contributed by atoms with Crippen LogP contribution in [-0.2, 0) is 4.74 Å². The van der Waals surface area contributed by atoms with Gasteiger partial charge in [-0.25, -0.2) is 9.18 Å². The molecule has 2 aromatic carbocycles. The third kappa shape index (κ3) is 3.33. The molecule has 27 heavy (non-hydrogen) atoms. The SMILES string of the molecule is CCC1c2c([nH]c3ccccc23)C=CNC1COC(=O)c1ccc(F)cc1. The maximum absolute atomic E-state index is 13.0. The minimum Gasteiger partial charge on any atom is -0.460 e. The molecule has 2 N–H and O–H groups in total. The number of benzene rings is 2. The maximum atomic E-state index is 13.0. The summed E-state index contributed by atoms with van der Waals surface area (Å²) in [6, 6.07) is 13.6. The van der Waals surface area contributed by atoms with Gasteiger partial charge in [-0.1, -0.05) is 25.1 Å². The van der Waals surface area contributed by atoms with Gasteiger partial charge in [0.2, 0.25) is 0 Å². The normalized spacial score (nSPS) is 18.6. The molecule has 1 aromatic heterocycles. The molecule has 4 rings (SSSR count). The summed E-state index contributed by atoms with van der Waals surface area (Å²) in [5.41, 5.74) is 3.79. The van der Waals surface area contributed by atoms with Crippen LogP contribution in [0.5, 0.6) is 0 Å². The monoisotopic (exact) mass is 364 g/mol. The minimum absolute atomic E-state index is 0.0453. The van der Waals surface area contributed by atoms with Gasteiger partial charge in [-0.15, -0.1) is 0 Å². The molecule has 0 saturated heterocycles. The first kappa shape index (κ1) is 17.3. The summed E-state index contributed by atoms with van der Waals surface area (Å²) in [6.45, 7) is 2.37. The van der Waals surface area contributed by atoms with E-state index in [0.717, 1.165) is 17.6 Å². The van der Waals surface area contributed by atoms with E-state index >= 15 is 0 Å². The fourth-order valence-corrected chi connectivity index (χ4v) is 3.78. The van der Waals surface area contributed by atoms with E-state index in [4.69, 9.17) is 4.74 Å². The van der Waals surface area contributed by atoms with Gasteiger partial charge in [-0.05, 0) is 54.6 Å². The van der Waals surface area contributed by atoms with Crippen LogP contribution in [-0.4, -0.2) is 23.6 Å². The van der Waals surface area contributed by atoms with Crippen LogP contribution in [0.3, 0.4) is 0 Å². The Bertz CT molecular complexity index is 991. The van der Waals surface area contributed by atoms with E-state index in [-0.39, 0.29) is 24.4 Å². The molecule has 0 radical (unpaired) electrons. The number of carbonyl (C=O) groups excluding carboxylic acids is 1. The zero-order valence-electron chi connectivity index (χ0n) is 15.0. The number of H-pyrrole nitrogens is 1. The highest BCUT2D eigenvalue weighted by Crippen LogP contribution is 2.35. The van der Waals surface area contributed by atoms with Crippen LogP contribution in [0.4, 0.5) is 4.39 Å². The standard InChI is InChI=1S/C22H21FN2O2/c1-2-16-20(13-27-22(26)14-7-9-15(23)10-8-14)24-12-11-19-21(16)17-5-3-4-6-18(17)25-19/h3-12,16,20,24-25H,2,13H2,1H3. The van der Waals surface area contributed by atoms with Gasteiger partial charge in [0.1, 0.15) is 12.4 Å². The first-order chi connectivity index (χ1) is 13.2. The molecule has 5 heteroatoms. The van der Waals surface area contributed by atoms with Crippen molar-refractivity contribution in [1.29, 1.82) is 0 Å². The molecule has 0 fully saturated rings. The summed E-state index contributed by atoms with van der Waals surface area (Å²) in [4.78, 5) is 15.8. The predicted molar refractivity (Wildman–Crippen MR) is 104 cm³/mol. The number of para-hydroxylation sites is 1. The molecule has 0 spiro atoms. The Balaban J connectivity index is 1.57. The first-order valence-electron chi connectivity index (χ1n) is 9.13. The van der Waals surface area contributed by atoms with Crippen molar-refractivity contribution in [2.75, 3.05) is 6.61 Å². The lowest BCUT2D eigenvalue weighted by atomic mass is 9.88. The molecule has 2 unspecified atom stereocenters. The van der Waals surface area contributed by atoms with Gasteiger partial charge in [-0.2, -0.15) is 0 Å². The molecule has 0 amide bonds. The van der Waals surface area contributed by atoms with E-state index in [1.807, 2.05) is 24.4 Å². The number of hydrogen-bond donors (Lipinski definition) is 2. The number of aromatic nitrogens is 1. The summed E-state index contributed by atoms with van der Waals surface area (Å²) < 4.78 is 18.6. The van der Waals surface area contributed by atoms with Gasteiger partial charge >= 0.3 is 5.97 Å². The van der Waals surface area contributed by atoms with E-state index in [2.05, 4.69) is 29.4 Å². The fraction of sp³-hybridized carbons (Fsp3) is 0.227. The maximum Gasteiger partial charge on any atom is 0.338 e.